The van der Waals surface area contributed by atoms with Crippen molar-refractivity contribution in [2.75, 3.05) is 32.9 Å². The Kier molecular flexibility index (Phi) is 15.0. The van der Waals surface area contributed by atoms with Crippen LogP contribution in [0.1, 0.15) is 39.0 Å². The Hall–Kier alpha value is -1.12. The fourth-order valence-electron chi connectivity index (χ4n) is 1.80. The van der Waals surface area contributed by atoms with Crippen LogP contribution >= 0.6 is 0 Å². The number of rotatable bonds is 14. The predicted molar refractivity (Wildman–Crippen MR) is 91.2 cm³/mol. The topological polar surface area (TPSA) is 99.9 Å². The van der Waals surface area contributed by atoms with Gasteiger partial charge >= 0.3 is 12.1 Å². The molecule has 0 saturated heterocycles. The molecule has 0 aromatic rings. The maximum absolute atomic E-state index is 11.6. The summed E-state index contributed by atoms with van der Waals surface area (Å²) in [7, 11) is 1.88. The molecular formula is C15H31N2O5Si+. The van der Waals surface area contributed by atoms with Gasteiger partial charge in [-0.2, -0.15) is 0 Å². The lowest BCUT2D eigenvalue weighted by molar-refractivity contribution is -0.152. The van der Waals surface area contributed by atoms with Gasteiger partial charge < -0.3 is 25.3 Å². The monoisotopic (exact) mass is 347 g/mol. The first kappa shape index (κ1) is 21.9. The Labute approximate surface area is 142 Å². The highest BCUT2D eigenvalue weighted by atomic mass is 28.1. The highest BCUT2D eigenvalue weighted by Crippen LogP contribution is 1.99. The van der Waals surface area contributed by atoms with Gasteiger partial charge in [-0.1, -0.05) is 12.8 Å². The molecule has 7 nitrogen and oxygen atoms in total. The lowest BCUT2D eigenvalue weighted by atomic mass is 10.2. The summed E-state index contributed by atoms with van der Waals surface area (Å²) >= 11 is 0. The van der Waals surface area contributed by atoms with Gasteiger partial charge in [0.2, 0.25) is 0 Å². The Morgan fingerprint density at radius 2 is 1.87 bits per heavy atom. The lowest BCUT2D eigenvalue weighted by Gasteiger charge is -2.17. The van der Waals surface area contributed by atoms with Gasteiger partial charge in [0, 0.05) is 20.1 Å². The number of amides is 1. The van der Waals surface area contributed by atoms with Gasteiger partial charge in [-0.3, -0.25) is 4.79 Å². The molecular weight excluding hydrogens is 316 g/mol. The number of nitrogens with two attached hydrogens (primary N) is 1. The third kappa shape index (κ3) is 15.5. The minimum atomic E-state index is -0.567. The average Bonchev–Trinajstić information content (AvgIpc) is 2.51. The molecule has 0 aliphatic heterocycles. The molecule has 0 aromatic carbocycles. The fourth-order valence-corrected chi connectivity index (χ4v) is 2.01. The van der Waals surface area contributed by atoms with E-state index in [1.54, 1.807) is 0 Å². The molecule has 3 N–H and O–H groups in total. The molecule has 1 amide bonds. The van der Waals surface area contributed by atoms with E-state index in [9.17, 15) is 9.59 Å². The molecule has 8 heteroatoms. The van der Waals surface area contributed by atoms with Crippen molar-refractivity contribution >= 4 is 22.3 Å². The molecule has 0 bridgehead atoms. The molecule has 0 spiro atoms. The summed E-state index contributed by atoms with van der Waals surface area (Å²) in [6.07, 6.45) is 3.88. The third-order valence-electron chi connectivity index (χ3n) is 2.98. The second-order valence-electron chi connectivity index (χ2n) is 5.24. The van der Waals surface area contributed by atoms with Crippen molar-refractivity contribution in [1.82, 2.24) is 5.32 Å². The zero-order chi connectivity index (χ0) is 17.3. The first-order chi connectivity index (χ1) is 11.1. The molecule has 1 atom stereocenters. The van der Waals surface area contributed by atoms with Crippen LogP contribution in [0.3, 0.4) is 0 Å². The highest BCUT2D eigenvalue weighted by Gasteiger charge is 2.15. The van der Waals surface area contributed by atoms with E-state index in [1.807, 2.05) is 10.2 Å². The van der Waals surface area contributed by atoms with Crippen LogP contribution in [-0.4, -0.2) is 61.3 Å². The number of unbranched alkanes of at least 4 members (excludes halogenated alkanes) is 3. The van der Waals surface area contributed by atoms with E-state index in [0.717, 1.165) is 38.1 Å². The SMILES string of the molecule is CC(=O)OC(COCCC[SiH2+])COC(=O)NCCCCCCN. The first-order valence-corrected chi connectivity index (χ1v) is 9.25. The maximum atomic E-state index is 11.6. The van der Waals surface area contributed by atoms with Crippen LogP contribution in [0, 0.1) is 0 Å². The van der Waals surface area contributed by atoms with Crippen molar-refractivity contribution in [1.29, 1.82) is 0 Å². The van der Waals surface area contributed by atoms with E-state index in [4.69, 9.17) is 19.9 Å². The van der Waals surface area contributed by atoms with Crippen LogP contribution in [0.4, 0.5) is 4.79 Å². The van der Waals surface area contributed by atoms with Crippen LogP contribution in [-0.2, 0) is 19.0 Å². The molecule has 23 heavy (non-hydrogen) atoms. The number of ether oxygens (including phenoxy) is 3. The number of carbonyl (C=O) groups is 2. The number of carbonyl (C=O) groups excluding carboxylic acids is 2. The van der Waals surface area contributed by atoms with Gasteiger partial charge in [0.1, 0.15) is 6.61 Å². The molecule has 134 valence electrons. The van der Waals surface area contributed by atoms with E-state index in [1.165, 1.54) is 6.92 Å². The quantitative estimate of drug-likeness (QED) is 0.271. The Balaban J connectivity index is 3.80. The second-order valence-corrected chi connectivity index (χ2v) is 5.95. The minimum Gasteiger partial charge on any atom is -0.456 e. The van der Waals surface area contributed by atoms with Gasteiger partial charge in [0.05, 0.1) is 12.7 Å². The number of hydrogen-bond acceptors (Lipinski definition) is 6. The third-order valence-corrected chi connectivity index (χ3v) is 3.48. The smallest absolute Gasteiger partial charge is 0.407 e. The zero-order valence-corrected chi connectivity index (χ0v) is 15.6. The van der Waals surface area contributed by atoms with Crippen molar-refractivity contribution in [2.24, 2.45) is 5.73 Å². The zero-order valence-electron chi connectivity index (χ0n) is 14.2. The van der Waals surface area contributed by atoms with E-state index >= 15 is 0 Å². The van der Waals surface area contributed by atoms with Crippen molar-refractivity contribution in [3.63, 3.8) is 0 Å². The molecule has 0 rings (SSSR count). The largest absolute Gasteiger partial charge is 0.456 e. The van der Waals surface area contributed by atoms with E-state index in [0.29, 0.717) is 19.7 Å². The minimum absolute atomic E-state index is 0.00748. The van der Waals surface area contributed by atoms with Gasteiger partial charge in [0.15, 0.2) is 6.10 Å². The molecule has 0 fully saturated rings. The molecule has 0 aromatic heterocycles. The van der Waals surface area contributed by atoms with Gasteiger partial charge in [0.25, 0.3) is 10.2 Å². The van der Waals surface area contributed by atoms with Crippen molar-refractivity contribution in [3.05, 3.63) is 0 Å². The highest BCUT2D eigenvalue weighted by molar-refractivity contribution is 6.08. The summed E-state index contributed by atoms with van der Waals surface area (Å²) < 4.78 is 15.5. The molecule has 0 saturated carbocycles. The predicted octanol–water partition coefficient (Wildman–Crippen LogP) is 0.622. The summed E-state index contributed by atoms with van der Waals surface area (Å²) in [4.78, 5) is 22.6. The molecule has 0 aliphatic rings. The Morgan fingerprint density at radius 3 is 2.52 bits per heavy atom. The van der Waals surface area contributed by atoms with Gasteiger partial charge in [-0.25, -0.2) is 4.79 Å². The van der Waals surface area contributed by atoms with Crippen molar-refractivity contribution in [2.45, 2.75) is 51.2 Å². The number of hydrogen-bond donors (Lipinski definition) is 2. The number of esters is 1. The van der Waals surface area contributed by atoms with Crippen molar-refractivity contribution < 1.29 is 23.8 Å². The summed E-state index contributed by atoms with van der Waals surface area (Å²) in [6.45, 7) is 3.42. The maximum Gasteiger partial charge on any atom is 0.407 e. The van der Waals surface area contributed by atoms with Crippen LogP contribution < -0.4 is 11.1 Å². The Morgan fingerprint density at radius 1 is 1.13 bits per heavy atom. The van der Waals surface area contributed by atoms with E-state index in [2.05, 4.69) is 5.32 Å². The summed E-state index contributed by atoms with van der Waals surface area (Å²) in [6, 6.07) is 1.06. The van der Waals surface area contributed by atoms with Gasteiger partial charge in [-0.15, -0.1) is 0 Å². The molecule has 0 radical (unpaired) electrons. The fraction of sp³-hybridized carbons (Fsp3) is 0.867. The summed E-state index contributed by atoms with van der Waals surface area (Å²) in [5.41, 5.74) is 5.41. The van der Waals surface area contributed by atoms with Crippen LogP contribution in [0.2, 0.25) is 6.04 Å². The van der Waals surface area contributed by atoms with Gasteiger partial charge in [-0.05, 0) is 25.8 Å². The first-order valence-electron chi connectivity index (χ1n) is 8.25. The number of nitrogens with one attached hydrogen (secondary N) is 1. The lowest BCUT2D eigenvalue weighted by Crippen LogP contribution is -2.33. The van der Waals surface area contributed by atoms with Crippen LogP contribution in [0.15, 0.2) is 0 Å². The van der Waals surface area contributed by atoms with Crippen LogP contribution in [0.25, 0.3) is 0 Å². The molecule has 0 aliphatic carbocycles. The number of alkyl carbamates (subject to hydrolysis) is 1. The Bertz CT molecular complexity index is 318. The van der Waals surface area contributed by atoms with Crippen LogP contribution in [0.5, 0.6) is 0 Å². The average molecular weight is 348 g/mol. The van der Waals surface area contributed by atoms with E-state index < -0.39 is 18.2 Å². The van der Waals surface area contributed by atoms with E-state index in [-0.39, 0.29) is 13.2 Å². The molecule has 0 heterocycles. The summed E-state index contributed by atoms with van der Waals surface area (Å²) in [5, 5.41) is 2.67. The summed E-state index contributed by atoms with van der Waals surface area (Å²) in [5.74, 6) is -0.417. The van der Waals surface area contributed by atoms with Crippen molar-refractivity contribution in [3.8, 4) is 0 Å². The standard InChI is InChI=1S/C15H30N2O5Si/c1-13(18)22-14(11-20-9-6-10-23)12-21-15(19)17-8-5-3-2-4-7-16/h14H,2-12,16,23H2,1H3/p+1. The normalized spacial score (nSPS) is 11.7. The molecule has 1 unspecified atom stereocenters. The second kappa shape index (κ2) is 15.8.